The summed E-state index contributed by atoms with van der Waals surface area (Å²) in [7, 11) is 0. The maximum absolute atomic E-state index is 4.58. The Morgan fingerprint density at radius 2 is 1.94 bits per heavy atom. The van der Waals surface area contributed by atoms with Crippen LogP contribution >= 0.6 is 12.6 Å². The summed E-state index contributed by atoms with van der Waals surface area (Å²) in [5, 5.41) is 0. The van der Waals surface area contributed by atoms with Crippen LogP contribution in [0.25, 0.3) is 0 Å². The Morgan fingerprint density at radius 1 is 1.18 bits per heavy atom. The minimum absolute atomic E-state index is 0.584. The maximum atomic E-state index is 4.58. The lowest BCUT2D eigenvalue weighted by molar-refractivity contribution is 0.0913. The van der Waals surface area contributed by atoms with Crippen molar-refractivity contribution in [1.29, 1.82) is 0 Å². The quantitative estimate of drug-likeness (QED) is 0.747. The van der Waals surface area contributed by atoms with Crippen LogP contribution in [-0.4, -0.2) is 30.3 Å². The fourth-order valence-corrected chi connectivity index (χ4v) is 3.94. The minimum atomic E-state index is 0.584. The molecule has 0 bridgehead atoms. The molecular formula is C15H29NS. The topological polar surface area (TPSA) is 3.24 Å². The van der Waals surface area contributed by atoms with Gasteiger partial charge in [0.2, 0.25) is 0 Å². The molecule has 1 aliphatic heterocycles. The lowest BCUT2D eigenvalue weighted by Gasteiger charge is -2.44. The van der Waals surface area contributed by atoms with Crippen molar-refractivity contribution in [3.63, 3.8) is 0 Å². The highest BCUT2D eigenvalue weighted by Crippen LogP contribution is 2.42. The smallest absolute Gasteiger partial charge is 0.00458 e. The molecule has 2 rings (SSSR count). The third-order valence-electron chi connectivity index (χ3n) is 5.12. The zero-order chi connectivity index (χ0) is 12.3. The maximum Gasteiger partial charge on any atom is 0.00458 e. The van der Waals surface area contributed by atoms with Crippen LogP contribution in [0, 0.1) is 17.3 Å². The molecule has 0 radical (unpaired) electrons. The molecule has 2 aliphatic rings. The molecule has 0 N–H and O–H groups in total. The van der Waals surface area contributed by atoms with Gasteiger partial charge in [0.05, 0.1) is 0 Å². The minimum Gasteiger partial charge on any atom is -0.303 e. The van der Waals surface area contributed by atoms with Gasteiger partial charge in [-0.25, -0.2) is 0 Å². The van der Waals surface area contributed by atoms with Gasteiger partial charge in [0.25, 0.3) is 0 Å². The van der Waals surface area contributed by atoms with Crippen LogP contribution in [0.1, 0.15) is 52.4 Å². The lowest BCUT2D eigenvalue weighted by Crippen LogP contribution is -2.44. The highest BCUT2D eigenvalue weighted by molar-refractivity contribution is 7.80. The van der Waals surface area contributed by atoms with Crippen LogP contribution < -0.4 is 0 Å². The van der Waals surface area contributed by atoms with Crippen molar-refractivity contribution in [2.24, 2.45) is 17.3 Å². The number of hydrogen-bond acceptors (Lipinski definition) is 2. The van der Waals surface area contributed by atoms with Crippen LogP contribution in [0.5, 0.6) is 0 Å². The monoisotopic (exact) mass is 255 g/mol. The summed E-state index contributed by atoms with van der Waals surface area (Å²) < 4.78 is 0. The second-order valence-corrected chi connectivity index (χ2v) is 7.04. The Kier molecular flexibility index (Phi) is 4.82. The Bertz CT molecular complexity index is 230. The first-order chi connectivity index (χ1) is 8.15. The molecule has 100 valence electrons. The van der Waals surface area contributed by atoms with Gasteiger partial charge in [0.15, 0.2) is 0 Å². The predicted octanol–water partition coefficient (Wildman–Crippen LogP) is 3.84. The molecule has 1 saturated heterocycles. The lowest BCUT2D eigenvalue weighted by atomic mass is 9.70. The average Bonchev–Trinajstić information content (AvgIpc) is 2.48. The van der Waals surface area contributed by atoms with E-state index >= 15 is 0 Å². The molecule has 0 aromatic heterocycles. The van der Waals surface area contributed by atoms with Gasteiger partial charge in [0, 0.05) is 6.54 Å². The van der Waals surface area contributed by atoms with Crippen molar-refractivity contribution >= 4 is 12.6 Å². The second kappa shape index (κ2) is 5.97. The fraction of sp³-hybridized carbons (Fsp3) is 1.00. The number of nitrogens with zero attached hydrogens (tertiary/aromatic N) is 1. The van der Waals surface area contributed by atoms with E-state index in [1.165, 1.54) is 58.2 Å². The number of rotatable bonds is 4. The number of likely N-dealkylation sites (tertiary alicyclic amines) is 1. The molecule has 0 amide bonds. The van der Waals surface area contributed by atoms with Crippen LogP contribution in [0.3, 0.4) is 0 Å². The van der Waals surface area contributed by atoms with E-state index in [4.69, 9.17) is 0 Å². The molecule has 1 nitrogen and oxygen atoms in total. The van der Waals surface area contributed by atoms with Crippen molar-refractivity contribution in [3.8, 4) is 0 Å². The first kappa shape index (κ1) is 13.7. The molecule has 17 heavy (non-hydrogen) atoms. The van der Waals surface area contributed by atoms with E-state index in [9.17, 15) is 0 Å². The van der Waals surface area contributed by atoms with Gasteiger partial charge in [-0.05, 0) is 68.2 Å². The van der Waals surface area contributed by atoms with Gasteiger partial charge in [-0.2, -0.15) is 12.6 Å². The molecular weight excluding hydrogens is 226 g/mol. The van der Waals surface area contributed by atoms with Crippen LogP contribution in [-0.2, 0) is 0 Å². The van der Waals surface area contributed by atoms with E-state index in [0.717, 1.165) is 17.6 Å². The van der Waals surface area contributed by atoms with Gasteiger partial charge in [-0.1, -0.05) is 20.3 Å². The van der Waals surface area contributed by atoms with Gasteiger partial charge >= 0.3 is 0 Å². The normalized spacial score (nSPS) is 30.0. The molecule has 0 aromatic rings. The van der Waals surface area contributed by atoms with Gasteiger partial charge in [-0.15, -0.1) is 0 Å². The summed E-state index contributed by atoms with van der Waals surface area (Å²) in [5.74, 6) is 2.93. The molecule has 1 aliphatic carbocycles. The summed E-state index contributed by atoms with van der Waals surface area (Å²) in [5.41, 5.74) is 0.584. The van der Waals surface area contributed by atoms with Gasteiger partial charge < -0.3 is 4.90 Å². The summed E-state index contributed by atoms with van der Waals surface area (Å²) >= 11 is 4.58. The van der Waals surface area contributed by atoms with Gasteiger partial charge in [0.1, 0.15) is 0 Å². The fourth-order valence-electron chi connectivity index (χ4n) is 3.52. The number of thiol groups is 1. The molecule has 2 heteroatoms. The third-order valence-corrected chi connectivity index (χ3v) is 5.79. The van der Waals surface area contributed by atoms with Crippen molar-refractivity contribution in [1.82, 2.24) is 4.90 Å². The Morgan fingerprint density at radius 3 is 2.47 bits per heavy atom. The zero-order valence-corrected chi connectivity index (χ0v) is 12.5. The van der Waals surface area contributed by atoms with E-state index in [2.05, 4.69) is 31.4 Å². The summed E-state index contributed by atoms with van der Waals surface area (Å²) in [4.78, 5) is 2.73. The summed E-state index contributed by atoms with van der Waals surface area (Å²) in [6.45, 7) is 8.77. The van der Waals surface area contributed by atoms with Crippen molar-refractivity contribution in [2.45, 2.75) is 52.4 Å². The van der Waals surface area contributed by atoms with Crippen molar-refractivity contribution in [2.75, 3.05) is 25.4 Å². The Hall–Kier alpha value is 0.310. The van der Waals surface area contributed by atoms with Crippen LogP contribution in [0.15, 0.2) is 0 Å². The summed E-state index contributed by atoms with van der Waals surface area (Å²) in [6, 6.07) is 0. The molecule has 1 saturated carbocycles. The van der Waals surface area contributed by atoms with Crippen LogP contribution in [0.4, 0.5) is 0 Å². The van der Waals surface area contributed by atoms with Crippen LogP contribution in [0.2, 0.25) is 0 Å². The summed E-state index contributed by atoms with van der Waals surface area (Å²) in [6.07, 6.45) is 8.54. The standard InChI is InChI=1S/C15H29NS/c1-13(2)14-5-3-9-16(10-6-14)11-15(12-17)7-4-8-15/h13-14,17H,3-12H2,1-2H3. The highest BCUT2D eigenvalue weighted by Gasteiger charge is 2.37. The SMILES string of the molecule is CC(C)C1CCCN(CC2(CS)CCC2)CC1. The molecule has 1 heterocycles. The third kappa shape index (κ3) is 3.41. The van der Waals surface area contributed by atoms with E-state index in [-0.39, 0.29) is 0 Å². The molecule has 1 unspecified atom stereocenters. The first-order valence-corrected chi connectivity index (χ1v) is 8.12. The first-order valence-electron chi connectivity index (χ1n) is 7.48. The van der Waals surface area contributed by atoms with E-state index < -0.39 is 0 Å². The highest BCUT2D eigenvalue weighted by atomic mass is 32.1. The Balaban J connectivity index is 1.82. The Labute approximate surface area is 113 Å². The molecule has 2 fully saturated rings. The van der Waals surface area contributed by atoms with E-state index in [1.807, 2.05) is 0 Å². The molecule has 1 atom stereocenters. The number of hydrogen-bond donors (Lipinski definition) is 1. The van der Waals surface area contributed by atoms with Crippen molar-refractivity contribution in [3.05, 3.63) is 0 Å². The average molecular weight is 255 g/mol. The second-order valence-electron chi connectivity index (χ2n) is 6.72. The van der Waals surface area contributed by atoms with E-state index in [1.54, 1.807) is 0 Å². The molecule has 0 aromatic carbocycles. The van der Waals surface area contributed by atoms with Gasteiger partial charge in [-0.3, -0.25) is 0 Å². The largest absolute Gasteiger partial charge is 0.303 e. The predicted molar refractivity (Wildman–Crippen MR) is 78.8 cm³/mol. The van der Waals surface area contributed by atoms with E-state index in [0.29, 0.717) is 5.41 Å². The zero-order valence-electron chi connectivity index (χ0n) is 11.6. The molecule has 0 spiro atoms. The van der Waals surface area contributed by atoms with Crippen molar-refractivity contribution < 1.29 is 0 Å².